The van der Waals surface area contributed by atoms with Crippen LogP contribution in [0.3, 0.4) is 0 Å². The molecule has 1 aromatic carbocycles. The van der Waals surface area contributed by atoms with Crippen LogP contribution in [-0.4, -0.2) is 73.4 Å². The summed E-state index contributed by atoms with van der Waals surface area (Å²) in [5, 5.41) is 7.47. The molecule has 1 N–H and O–H groups in total. The number of likely N-dealkylation sites (tertiary alicyclic amines) is 1. The monoisotopic (exact) mass is 463 g/mol. The average molecular weight is 464 g/mol. The minimum Gasteiger partial charge on any atom is -0.493 e. The maximum atomic E-state index is 12.9. The number of anilines is 1. The Hall–Kier alpha value is -3.21. The number of aromatic nitrogens is 3. The fourth-order valence-electron chi connectivity index (χ4n) is 4.08. The van der Waals surface area contributed by atoms with Crippen molar-refractivity contribution in [1.29, 1.82) is 0 Å². The van der Waals surface area contributed by atoms with Gasteiger partial charge in [0.1, 0.15) is 5.82 Å². The van der Waals surface area contributed by atoms with Crippen LogP contribution in [0.1, 0.15) is 31.5 Å². The van der Waals surface area contributed by atoms with Crippen LogP contribution < -0.4 is 25.2 Å². The number of methoxy groups -OCH3 is 4. The molecule has 0 spiro atoms. The average Bonchev–Trinajstić information content (AvgIpc) is 3.16. The summed E-state index contributed by atoms with van der Waals surface area (Å²) in [6.45, 7) is 4.47. The number of piperidine rings is 1. The molecule has 0 aliphatic carbocycles. The number of rotatable bonds is 9. The van der Waals surface area contributed by atoms with Gasteiger partial charge in [-0.15, -0.1) is 0 Å². The van der Waals surface area contributed by atoms with Gasteiger partial charge in [-0.1, -0.05) is 0 Å². The molecule has 2 heterocycles. The van der Waals surface area contributed by atoms with Crippen LogP contribution in [0.2, 0.25) is 0 Å². The van der Waals surface area contributed by atoms with E-state index in [-0.39, 0.29) is 17.6 Å². The van der Waals surface area contributed by atoms with Crippen molar-refractivity contribution >= 4 is 11.7 Å². The van der Waals surface area contributed by atoms with E-state index in [9.17, 15) is 9.59 Å². The van der Waals surface area contributed by atoms with Crippen molar-refractivity contribution < 1.29 is 23.7 Å². The quantitative estimate of drug-likeness (QED) is 0.607. The summed E-state index contributed by atoms with van der Waals surface area (Å²) in [5.74, 6) is 2.29. The van der Waals surface area contributed by atoms with Gasteiger partial charge in [-0.2, -0.15) is 5.10 Å². The summed E-state index contributed by atoms with van der Waals surface area (Å²) in [6.07, 6.45) is 1.45. The third-order valence-corrected chi connectivity index (χ3v) is 5.84. The van der Waals surface area contributed by atoms with E-state index in [1.165, 1.54) is 26.0 Å². The predicted molar refractivity (Wildman–Crippen MR) is 123 cm³/mol. The zero-order valence-corrected chi connectivity index (χ0v) is 19.9. The third kappa shape index (κ3) is 5.24. The van der Waals surface area contributed by atoms with E-state index in [1.807, 2.05) is 6.92 Å². The van der Waals surface area contributed by atoms with Crippen molar-refractivity contribution in [1.82, 2.24) is 19.2 Å². The zero-order chi connectivity index (χ0) is 24.0. The Kier molecular flexibility index (Phi) is 8.21. The van der Waals surface area contributed by atoms with Crippen LogP contribution >= 0.6 is 0 Å². The van der Waals surface area contributed by atoms with Gasteiger partial charge in [-0.05, 0) is 19.8 Å². The molecule has 0 saturated carbocycles. The maximum Gasteiger partial charge on any atom is 0.345 e. The number of carbonyl (C=O) groups excluding carboxylic acids is 1. The van der Waals surface area contributed by atoms with Crippen LogP contribution in [0, 0.1) is 0 Å². The number of urea groups is 1. The Morgan fingerprint density at radius 1 is 1.09 bits per heavy atom. The Morgan fingerprint density at radius 2 is 1.73 bits per heavy atom. The molecule has 1 aromatic heterocycles. The van der Waals surface area contributed by atoms with Crippen molar-refractivity contribution in [2.24, 2.45) is 0 Å². The Morgan fingerprint density at radius 3 is 2.24 bits per heavy atom. The van der Waals surface area contributed by atoms with Gasteiger partial charge in [0.25, 0.3) is 0 Å². The lowest BCUT2D eigenvalue weighted by Crippen LogP contribution is -2.41. The van der Waals surface area contributed by atoms with E-state index < -0.39 is 0 Å². The van der Waals surface area contributed by atoms with Gasteiger partial charge in [0.05, 0.1) is 40.2 Å². The molecule has 0 unspecified atom stereocenters. The number of ether oxygens (including phenoxy) is 4. The minimum absolute atomic E-state index is 0.117. The minimum atomic E-state index is -0.207. The topological polar surface area (TPSA) is 109 Å². The van der Waals surface area contributed by atoms with Crippen LogP contribution in [0.25, 0.3) is 0 Å². The van der Waals surface area contributed by atoms with Crippen LogP contribution in [-0.2, 0) is 17.8 Å². The van der Waals surface area contributed by atoms with E-state index in [4.69, 9.17) is 18.9 Å². The number of hydrogen-bond acceptors (Lipinski definition) is 7. The highest BCUT2D eigenvalue weighted by molar-refractivity contribution is 5.90. The number of carbonyl (C=O) groups is 1. The molecule has 1 aliphatic heterocycles. The molecule has 0 atom stereocenters. The van der Waals surface area contributed by atoms with Gasteiger partial charge in [0, 0.05) is 44.8 Å². The molecule has 2 aromatic rings. The standard InChI is InChI=1S/C22H33N5O6/c1-6-26-20(24-27(22(26)29)11-12-30-2)15-7-9-25(10-8-15)21(28)23-16-13-17(31-3)19(33-5)18(14-16)32-4/h13-15H,6-12H2,1-5H3,(H,23,28). The number of amides is 2. The summed E-state index contributed by atoms with van der Waals surface area (Å²) in [4.78, 5) is 27.2. The molecule has 3 rings (SSSR count). The predicted octanol–water partition coefficient (Wildman–Crippen LogP) is 2.15. The summed E-state index contributed by atoms with van der Waals surface area (Å²) in [5.41, 5.74) is 0.431. The fourth-order valence-corrected chi connectivity index (χ4v) is 4.08. The molecular weight excluding hydrogens is 430 g/mol. The second-order valence-electron chi connectivity index (χ2n) is 7.71. The van der Waals surface area contributed by atoms with Gasteiger partial charge < -0.3 is 29.2 Å². The van der Waals surface area contributed by atoms with Crippen molar-refractivity contribution in [3.05, 3.63) is 28.4 Å². The first-order valence-corrected chi connectivity index (χ1v) is 11.0. The first-order chi connectivity index (χ1) is 16.0. The zero-order valence-electron chi connectivity index (χ0n) is 19.9. The number of nitrogens with one attached hydrogen (secondary N) is 1. The summed E-state index contributed by atoms with van der Waals surface area (Å²) in [7, 11) is 6.18. The van der Waals surface area contributed by atoms with Gasteiger partial charge in [-0.25, -0.2) is 14.3 Å². The SMILES string of the molecule is CCn1c(C2CCN(C(=O)Nc3cc(OC)c(OC)c(OC)c3)CC2)nn(CCOC)c1=O. The first kappa shape index (κ1) is 24.4. The normalized spacial score (nSPS) is 14.3. The molecule has 1 saturated heterocycles. The Labute approximate surface area is 193 Å². The molecule has 1 fully saturated rings. The summed E-state index contributed by atoms with van der Waals surface area (Å²) >= 11 is 0. The highest BCUT2D eigenvalue weighted by atomic mass is 16.5. The van der Waals surface area contributed by atoms with Gasteiger partial charge in [-0.3, -0.25) is 4.57 Å². The van der Waals surface area contributed by atoms with Gasteiger partial charge in [0.15, 0.2) is 11.5 Å². The van der Waals surface area contributed by atoms with Crippen LogP contribution in [0.15, 0.2) is 16.9 Å². The van der Waals surface area contributed by atoms with Crippen molar-refractivity contribution in [3.8, 4) is 17.2 Å². The molecular formula is C22H33N5O6. The summed E-state index contributed by atoms with van der Waals surface area (Å²) < 4.78 is 24.3. The summed E-state index contributed by atoms with van der Waals surface area (Å²) in [6, 6.07) is 3.18. The third-order valence-electron chi connectivity index (χ3n) is 5.84. The Balaban J connectivity index is 1.67. The molecule has 0 bridgehead atoms. The largest absolute Gasteiger partial charge is 0.493 e. The lowest BCUT2D eigenvalue weighted by Gasteiger charge is -2.31. The smallest absolute Gasteiger partial charge is 0.345 e. The lowest BCUT2D eigenvalue weighted by atomic mass is 9.96. The van der Waals surface area contributed by atoms with E-state index in [0.717, 1.165) is 18.7 Å². The molecule has 2 amide bonds. The molecule has 1 aliphatic rings. The van der Waals surface area contributed by atoms with Crippen LogP contribution in [0.5, 0.6) is 17.2 Å². The number of nitrogens with zero attached hydrogens (tertiary/aromatic N) is 4. The second-order valence-corrected chi connectivity index (χ2v) is 7.71. The number of hydrogen-bond donors (Lipinski definition) is 1. The highest BCUT2D eigenvalue weighted by Crippen LogP contribution is 2.40. The van der Waals surface area contributed by atoms with E-state index in [0.29, 0.717) is 55.7 Å². The molecule has 11 nitrogen and oxygen atoms in total. The van der Waals surface area contributed by atoms with Gasteiger partial charge in [0.2, 0.25) is 5.75 Å². The van der Waals surface area contributed by atoms with Crippen molar-refractivity contribution in [2.45, 2.75) is 38.8 Å². The molecule has 182 valence electrons. The molecule has 11 heteroatoms. The van der Waals surface area contributed by atoms with E-state index in [1.54, 1.807) is 28.7 Å². The first-order valence-electron chi connectivity index (χ1n) is 11.0. The second kappa shape index (κ2) is 11.1. The van der Waals surface area contributed by atoms with Crippen molar-refractivity contribution in [3.63, 3.8) is 0 Å². The van der Waals surface area contributed by atoms with Crippen LogP contribution in [0.4, 0.5) is 10.5 Å². The van der Waals surface area contributed by atoms with Crippen molar-refractivity contribution in [2.75, 3.05) is 53.5 Å². The maximum absolute atomic E-state index is 12.9. The fraction of sp³-hybridized carbons (Fsp3) is 0.591. The van der Waals surface area contributed by atoms with E-state index >= 15 is 0 Å². The lowest BCUT2D eigenvalue weighted by molar-refractivity contribution is 0.181. The van der Waals surface area contributed by atoms with E-state index in [2.05, 4.69) is 10.4 Å². The van der Waals surface area contributed by atoms with Gasteiger partial charge >= 0.3 is 11.7 Å². The molecule has 33 heavy (non-hydrogen) atoms. The number of benzene rings is 1. The molecule has 0 radical (unpaired) electrons. The highest BCUT2D eigenvalue weighted by Gasteiger charge is 2.28. The Bertz CT molecular complexity index is 984.